The highest BCUT2D eigenvalue weighted by atomic mass is 35.5. The number of hydrogen-bond donors (Lipinski definition) is 1. The average molecular weight is 345 g/mol. The molecule has 0 aliphatic carbocycles. The van der Waals surface area contributed by atoms with E-state index in [0.717, 1.165) is 5.56 Å². The van der Waals surface area contributed by atoms with Crippen LogP contribution in [0.2, 0.25) is 5.02 Å². The molecule has 0 aliphatic rings. The van der Waals surface area contributed by atoms with Crippen molar-refractivity contribution in [1.29, 1.82) is 0 Å². The Labute approximate surface area is 140 Å². The van der Waals surface area contributed by atoms with Gasteiger partial charge in [0.15, 0.2) is 0 Å². The van der Waals surface area contributed by atoms with Crippen LogP contribution in [0.5, 0.6) is 0 Å². The molecule has 22 heavy (non-hydrogen) atoms. The van der Waals surface area contributed by atoms with Crippen LogP contribution in [0.3, 0.4) is 0 Å². The maximum Gasteiger partial charge on any atom is 0.239 e. The van der Waals surface area contributed by atoms with Gasteiger partial charge in [-0.1, -0.05) is 23.7 Å². The van der Waals surface area contributed by atoms with Crippen LogP contribution in [-0.4, -0.2) is 48.8 Å². The van der Waals surface area contributed by atoms with Gasteiger partial charge in [-0.2, -0.15) is 0 Å². The summed E-state index contributed by atoms with van der Waals surface area (Å²) >= 11 is 7.31. The number of nitrogens with zero attached hydrogens (tertiary/aromatic N) is 1. The molecule has 1 aromatic rings. The molecule has 0 saturated carbocycles. The molecule has 0 aromatic heterocycles. The first-order valence-corrected chi connectivity index (χ1v) is 8.39. The van der Waals surface area contributed by atoms with Crippen LogP contribution in [0, 0.1) is 0 Å². The van der Waals surface area contributed by atoms with Gasteiger partial charge in [0.1, 0.15) is 6.04 Å². The smallest absolute Gasteiger partial charge is 0.239 e. The Bertz CT molecular complexity index is 496. The molecule has 0 aliphatic heterocycles. The van der Waals surface area contributed by atoms with E-state index in [4.69, 9.17) is 22.1 Å². The lowest BCUT2D eigenvalue weighted by atomic mass is 10.2. The summed E-state index contributed by atoms with van der Waals surface area (Å²) in [5.74, 6) is 0.338. The highest BCUT2D eigenvalue weighted by Crippen LogP contribution is 2.16. The predicted molar refractivity (Wildman–Crippen MR) is 89.9 cm³/mol. The second-order valence-corrected chi connectivity index (χ2v) is 6.20. The van der Waals surface area contributed by atoms with E-state index in [0.29, 0.717) is 23.9 Å². The number of nitrogens with two attached hydrogens (primary N) is 1. The van der Waals surface area contributed by atoms with E-state index in [1.807, 2.05) is 24.3 Å². The summed E-state index contributed by atoms with van der Waals surface area (Å²) in [6.07, 6.45) is 0. The second kappa shape index (κ2) is 9.71. The Kier molecular flexibility index (Phi) is 8.30. The molecule has 1 aromatic carbocycles. The molecule has 0 fully saturated rings. The van der Waals surface area contributed by atoms with Crippen molar-refractivity contribution in [2.45, 2.75) is 18.7 Å². The number of amides is 2. The SMILES string of the molecule is COCCN(C(=O)CSCc1ccc(Cl)cc1)[C@H](C)C(N)=O. The molecule has 2 amide bonds. The minimum atomic E-state index is -0.640. The summed E-state index contributed by atoms with van der Waals surface area (Å²) in [6, 6.07) is 6.85. The molecular formula is C15H21ClN2O3S. The molecule has 0 saturated heterocycles. The van der Waals surface area contributed by atoms with Gasteiger partial charge in [-0.15, -0.1) is 11.8 Å². The molecule has 0 spiro atoms. The largest absolute Gasteiger partial charge is 0.383 e. The van der Waals surface area contributed by atoms with Crippen molar-refractivity contribution < 1.29 is 14.3 Å². The lowest BCUT2D eigenvalue weighted by Gasteiger charge is -2.26. The van der Waals surface area contributed by atoms with E-state index in [9.17, 15) is 9.59 Å². The summed E-state index contributed by atoms with van der Waals surface area (Å²) in [7, 11) is 1.55. The quantitative estimate of drug-likeness (QED) is 0.742. The monoisotopic (exact) mass is 344 g/mol. The Hall–Kier alpha value is -1.24. The average Bonchev–Trinajstić information content (AvgIpc) is 2.49. The Morgan fingerprint density at radius 2 is 2.00 bits per heavy atom. The second-order valence-electron chi connectivity index (χ2n) is 4.78. The number of hydrogen-bond acceptors (Lipinski definition) is 4. The molecule has 122 valence electrons. The Morgan fingerprint density at radius 3 is 2.55 bits per heavy atom. The molecule has 0 unspecified atom stereocenters. The summed E-state index contributed by atoms with van der Waals surface area (Å²) in [4.78, 5) is 25.0. The zero-order valence-electron chi connectivity index (χ0n) is 12.8. The summed E-state index contributed by atoms with van der Waals surface area (Å²) in [6.45, 7) is 2.34. The van der Waals surface area contributed by atoms with Crippen molar-refractivity contribution in [2.75, 3.05) is 26.0 Å². The van der Waals surface area contributed by atoms with Crippen molar-refractivity contribution in [3.05, 3.63) is 34.9 Å². The zero-order chi connectivity index (χ0) is 16.5. The van der Waals surface area contributed by atoms with Gasteiger partial charge in [-0.3, -0.25) is 9.59 Å². The molecule has 5 nitrogen and oxygen atoms in total. The van der Waals surface area contributed by atoms with Crippen LogP contribution in [0.25, 0.3) is 0 Å². The summed E-state index contributed by atoms with van der Waals surface area (Å²) < 4.78 is 4.97. The number of thioether (sulfide) groups is 1. The number of methoxy groups -OCH3 is 1. The minimum Gasteiger partial charge on any atom is -0.383 e. The fourth-order valence-electron chi connectivity index (χ4n) is 1.80. The van der Waals surface area contributed by atoms with Crippen LogP contribution in [0.1, 0.15) is 12.5 Å². The van der Waals surface area contributed by atoms with Crippen LogP contribution >= 0.6 is 23.4 Å². The van der Waals surface area contributed by atoms with Crippen LogP contribution in [-0.2, 0) is 20.1 Å². The van der Waals surface area contributed by atoms with Crippen molar-refractivity contribution in [3.63, 3.8) is 0 Å². The number of carbonyl (C=O) groups excluding carboxylic acids is 2. The first-order chi connectivity index (χ1) is 10.5. The van der Waals surface area contributed by atoms with Gasteiger partial charge < -0.3 is 15.4 Å². The Morgan fingerprint density at radius 1 is 1.36 bits per heavy atom. The van der Waals surface area contributed by atoms with E-state index >= 15 is 0 Å². The van der Waals surface area contributed by atoms with Crippen molar-refractivity contribution in [3.8, 4) is 0 Å². The minimum absolute atomic E-state index is 0.123. The van der Waals surface area contributed by atoms with E-state index in [-0.39, 0.29) is 11.7 Å². The van der Waals surface area contributed by atoms with E-state index in [2.05, 4.69) is 0 Å². The highest BCUT2D eigenvalue weighted by molar-refractivity contribution is 7.99. The molecule has 1 atom stereocenters. The molecule has 0 radical (unpaired) electrons. The normalized spacial score (nSPS) is 12.0. The summed E-state index contributed by atoms with van der Waals surface area (Å²) in [5.41, 5.74) is 6.38. The molecule has 7 heteroatoms. The van der Waals surface area contributed by atoms with Gasteiger partial charge in [0, 0.05) is 24.4 Å². The lowest BCUT2D eigenvalue weighted by molar-refractivity contribution is -0.137. The molecule has 1 rings (SSSR count). The molecule has 2 N–H and O–H groups in total. The number of rotatable bonds is 9. The molecule has 0 heterocycles. The predicted octanol–water partition coefficient (Wildman–Crippen LogP) is 1.92. The first kappa shape index (κ1) is 18.8. The standard InChI is InChI=1S/C15H21ClN2O3S/c1-11(15(17)20)18(7-8-21-2)14(19)10-22-9-12-3-5-13(16)6-4-12/h3-6,11H,7-10H2,1-2H3,(H2,17,20)/t11-/m1/s1. The first-order valence-electron chi connectivity index (χ1n) is 6.85. The number of halogens is 1. The highest BCUT2D eigenvalue weighted by Gasteiger charge is 2.23. The number of ether oxygens (including phenoxy) is 1. The maximum absolute atomic E-state index is 12.3. The van der Waals surface area contributed by atoms with Crippen molar-refractivity contribution in [2.24, 2.45) is 5.73 Å². The zero-order valence-corrected chi connectivity index (χ0v) is 14.3. The fraction of sp³-hybridized carbons (Fsp3) is 0.467. The van der Waals surface area contributed by atoms with Gasteiger partial charge in [-0.25, -0.2) is 0 Å². The number of primary amides is 1. The van der Waals surface area contributed by atoms with E-state index < -0.39 is 11.9 Å². The van der Waals surface area contributed by atoms with Crippen molar-refractivity contribution >= 4 is 35.2 Å². The molecular weight excluding hydrogens is 324 g/mol. The van der Waals surface area contributed by atoms with E-state index in [1.165, 1.54) is 16.7 Å². The van der Waals surface area contributed by atoms with Gasteiger partial charge in [0.2, 0.25) is 11.8 Å². The van der Waals surface area contributed by atoms with Crippen molar-refractivity contribution in [1.82, 2.24) is 4.90 Å². The lowest BCUT2D eigenvalue weighted by Crippen LogP contribution is -2.48. The van der Waals surface area contributed by atoms with Crippen LogP contribution in [0.15, 0.2) is 24.3 Å². The Balaban J connectivity index is 2.51. The van der Waals surface area contributed by atoms with Crippen LogP contribution in [0.4, 0.5) is 0 Å². The maximum atomic E-state index is 12.3. The fourth-order valence-corrected chi connectivity index (χ4v) is 2.79. The van der Waals surface area contributed by atoms with Gasteiger partial charge >= 0.3 is 0 Å². The number of benzene rings is 1. The van der Waals surface area contributed by atoms with Gasteiger partial charge in [0.05, 0.1) is 12.4 Å². The third-order valence-corrected chi connectivity index (χ3v) is 4.38. The third-order valence-electron chi connectivity index (χ3n) is 3.14. The van der Waals surface area contributed by atoms with E-state index in [1.54, 1.807) is 14.0 Å². The molecule has 0 bridgehead atoms. The van der Waals surface area contributed by atoms with Crippen LogP contribution < -0.4 is 5.73 Å². The van der Waals surface area contributed by atoms with Gasteiger partial charge in [0.25, 0.3) is 0 Å². The topological polar surface area (TPSA) is 72.6 Å². The third kappa shape index (κ3) is 6.25. The number of carbonyl (C=O) groups is 2. The van der Waals surface area contributed by atoms with Gasteiger partial charge in [-0.05, 0) is 24.6 Å². The summed E-state index contributed by atoms with van der Waals surface area (Å²) in [5, 5.41) is 0.686.